The number of carbonyl (C=O) groups is 1. The highest BCUT2D eigenvalue weighted by atomic mass is 79.9. The van der Waals surface area contributed by atoms with Gasteiger partial charge in [0.25, 0.3) is 5.91 Å². The number of hydrogen-bond acceptors (Lipinski definition) is 3. The van der Waals surface area contributed by atoms with Crippen LogP contribution in [0.15, 0.2) is 22.7 Å². The lowest BCUT2D eigenvalue weighted by atomic mass is 10.2. The highest BCUT2D eigenvalue weighted by Gasteiger charge is 2.19. The zero-order valence-corrected chi connectivity index (χ0v) is 12.7. The van der Waals surface area contributed by atoms with Crippen LogP contribution >= 0.6 is 15.9 Å². The highest BCUT2D eigenvalue weighted by Crippen LogP contribution is 2.22. The van der Waals surface area contributed by atoms with Gasteiger partial charge >= 0.3 is 0 Å². The van der Waals surface area contributed by atoms with Gasteiger partial charge in [-0.25, -0.2) is 4.39 Å². The summed E-state index contributed by atoms with van der Waals surface area (Å²) in [5.74, 6) is -0.859. The Morgan fingerprint density at radius 1 is 1.55 bits per heavy atom. The molecular formula is C13H14BrFN4O. The molecule has 0 radical (unpaired) electrons. The number of anilines is 2. The van der Waals surface area contributed by atoms with E-state index in [1.807, 2.05) is 6.92 Å². The first-order valence-corrected chi connectivity index (χ1v) is 6.82. The second-order valence-corrected chi connectivity index (χ2v) is 5.10. The predicted molar refractivity (Wildman–Crippen MR) is 79.1 cm³/mol. The fourth-order valence-electron chi connectivity index (χ4n) is 1.83. The van der Waals surface area contributed by atoms with Gasteiger partial charge in [-0.05, 0) is 48.0 Å². The van der Waals surface area contributed by atoms with Crippen LogP contribution < -0.4 is 11.1 Å². The van der Waals surface area contributed by atoms with E-state index in [-0.39, 0.29) is 5.69 Å². The number of aromatic nitrogens is 2. The summed E-state index contributed by atoms with van der Waals surface area (Å²) >= 11 is 3.06. The van der Waals surface area contributed by atoms with Crippen LogP contribution in [0.5, 0.6) is 0 Å². The van der Waals surface area contributed by atoms with E-state index in [2.05, 4.69) is 26.3 Å². The van der Waals surface area contributed by atoms with Crippen LogP contribution in [-0.2, 0) is 6.54 Å². The monoisotopic (exact) mass is 340 g/mol. The lowest BCUT2D eigenvalue weighted by molar-refractivity contribution is 0.101. The maximum absolute atomic E-state index is 13.4. The van der Waals surface area contributed by atoms with E-state index in [0.717, 1.165) is 0 Å². The molecule has 0 atom stereocenters. The number of carbonyl (C=O) groups excluding carboxylic acids is 1. The third-order valence-electron chi connectivity index (χ3n) is 2.87. The fourth-order valence-corrected chi connectivity index (χ4v) is 2.07. The average Bonchev–Trinajstić information content (AvgIpc) is 2.69. The van der Waals surface area contributed by atoms with E-state index in [4.69, 9.17) is 5.73 Å². The lowest BCUT2D eigenvalue weighted by Crippen LogP contribution is -2.18. The van der Waals surface area contributed by atoms with E-state index in [1.165, 1.54) is 16.8 Å². The van der Waals surface area contributed by atoms with Crippen molar-refractivity contribution in [1.29, 1.82) is 0 Å². The molecule has 3 N–H and O–H groups in total. The van der Waals surface area contributed by atoms with Gasteiger partial charge in [0.15, 0.2) is 0 Å². The van der Waals surface area contributed by atoms with Crippen molar-refractivity contribution in [3.63, 3.8) is 0 Å². The van der Waals surface area contributed by atoms with Crippen molar-refractivity contribution in [3.05, 3.63) is 39.9 Å². The van der Waals surface area contributed by atoms with Gasteiger partial charge in [-0.15, -0.1) is 0 Å². The number of nitrogens with two attached hydrogens (primary N) is 1. The smallest absolute Gasteiger partial charge is 0.276 e. The summed E-state index contributed by atoms with van der Waals surface area (Å²) in [5, 5.41) is 6.79. The first kappa shape index (κ1) is 14.5. The van der Waals surface area contributed by atoms with Crippen molar-refractivity contribution in [2.75, 3.05) is 11.1 Å². The number of nitrogen functional groups attached to an aromatic ring is 1. The number of benzene rings is 1. The van der Waals surface area contributed by atoms with Crippen LogP contribution in [0.25, 0.3) is 0 Å². The van der Waals surface area contributed by atoms with Crippen molar-refractivity contribution in [2.24, 2.45) is 0 Å². The molecule has 0 unspecified atom stereocenters. The first-order chi connectivity index (χ1) is 9.43. The fraction of sp³-hybridized carbons (Fsp3) is 0.231. The van der Waals surface area contributed by atoms with E-state index in [9.17, 15) is 9.18 Å². The van der Waals surface area contributed by atoms with Crippen LogP contribution in [0.2, 0.25) is 0 Å². The van der Waals surface area contributed by atoms with Crippen molar-refractivity contribution in [1.82, 2.24) is 9.78 Å². The van der Waals surface area contributed by atoms with Crippen molar-refractivity contribution >= 4 is 33.2 Å². The quantitative estimate of drug-likeness (QED) is 0.902. The Kier molecular flexibility index (Phi) is 4.08. The molecule has 0 aliphatic carbocycles. The maximum Gasteiger partial charge on any atom is 0.276 e. The number of halogens is 2. The molecule has 2 rings (SSSR count). The molecular weight excluding hydrogens is 327 g/mol. The molecule has 0 aliphatic rings. The molecule has 1 heterocycles. The van der Waals surface area contributed by atoms with E-state index >= 15 is 0 Å². The molecule has 1 aromatic carbocycles. The summed E-state index contributed by atoms with van der Waals surface area (Å²) in [6.45, 7) is 4.12. The van der Waals surface area contributed by atoms with E-state index in [0.29, 0.717) is 28.1 Å². The third kappa shape index (κ3) is 2.67. The largest absolute Gasteiger partial charge is 0.395 e. The molecule has 20 heavy (non-hydrogen) atoms. The average molecular weight is 341 g/mol. The Morgan fingerprint density at radius 3 is 2.85 bits per heavy atom. The van der Waals surface area contributed by atoms with Gasteiger partial charge in [-0.1, -0.05) is 0 Å². The molecule has 7 heteroatoms. The normalized spacial score (nSPS) is 10.6. The Hall–Kier alpha value is -1.89. The summed E-state index contributed by atoms with van der Waals surface area (Å²) in [4.78, 5) is 12.2. The summed E-state index contributed by atoms with van der Waals surface area (Å²) in [6, 6.07) is 4.36. The molecule has 0 spiro atoms. The molecule has 0 saturated carbocycles. The Morgan fingerprint density at radius 2 is 2.25 bits per heavy atom. The Balaban J connectivity index is 2.30. The number of amides is 1. The number of nitrogens with one attached hydrogen (secondary N) is 1. The molecule has 0 aliphatic heterocycles. The van der Waals surface area contributed by atoms with Gasteiger partial charge < -0.3 is 11.1 Å². The first-order valence-electron chi connectivity index (χ1n) is 6.03. The summed E-state index contributed by atoms with van der Waals surface area (Å²) < 4.78 is 15.3. The number of rotatable bonds is 3. The van der Waals surface area contributed by atoms with Crippen LogP contribution in [0.3, 0.4) is 0 Å². The van der Waals surface area contributed by atoms with E-state index in [1.54, 1.807) is 13.0 Å². The second-order valence-electron chi connectivity index (χ2n) is 4.25. The molecule has 0 fully saturated rings. The SMILES string of the molecule is CCn1nc(C)c(N)c1C(=O)Nc1ccc(Br)c(F)c1. The van der Waals surface area contributed by atoms with Gasteiger partial charge in [0.2, 0.25) is 0 Å². The topological polar surface area (TPSA) is 72.9 Å². The maximum atomic E-state index is 13.4. The predicted octanol–water partition coefficient (Wildman–Crippen LogP) is 2.95. The van der Waals surface area contributed by atoms with Crippen LogP contribution in [-0.4, -0.2) is 15.7 Å². The standard InChI is InChI=1S/C13H14BrFN4O/c1-3-19-12(11(16)7(2)18-19)13(20)17-8-4-5-9(14)10(15)6-8/h4-6H,3,16H2,1-2H3,(H,17,20). The van der Waals surface area contributed by atoms with Crippen molar-refractivity contribution in [2.45, 2.75) is 20.4 Å². The van der Waals surface area contributed by atoms with Gasteiger partial charge in [0.1, 0.15) is 11.5 Å². The number of hydrogen-bond donors (Lipinski definition) is 2. The van der Waals surface area contributed by atoms with Crippen LogP contribution in [0.1, 0.15) is 23.1 Å². The Labute approximate surface area is 124 Å². The lowest BCUT2D eigenvalue weighted by Gasteiger charge is -2.08. The summed E-state index contributed by atoms with van der Waals surface area (Å²) in [6.07, 6.45) is 0. The number of aryl methyl sites for hydroxylation is 2. The van der Waals surface area contributed by atoms with Gasteiger partial charge in [-0.3, -0.25) is 9.48 Å². The molecule has 5 nitrogen and oxygen atoms in total. The van der Waals surface area contributed by atoms with Gasteiger partial charge in [0.05, 0.1) is 15.9 Å². The second kappa shape index (κ2) is 5.62. The minimum Gasteiger partial charge on any atom is -0.395 e. The molecule has 2 aromatic rings. The molecule has 1 amide bonds. The van der Waals surface area contributed by atoms with Gasteiger partial charge in [0, 0.05) is 12.2 Å². The van der Waals surface area contributed by atoms with Crippen molar-refractivity contribution < 1.29 is 9.18 Å². The molecule has 0 saturated heterocycles. The zero-order valence-electron chi connectivity index (χ0n) is 11.1. The van der Waals surface area contributed by atoms with Crippen LogP contribution in [0, 0.1) is 12.7 Å². The highest BCUT2D eigenvalue weighted by molar-refractivity contribution is 9.10. The van der Waals surface area contributed by atoms with Crippen LogP contribution in [0.4, 0.5) is 15.8 Å². The third-order valence-corrected chi connectivity index (χ3v) is 3.51. The molecule has 106 valence electrons. The number of nitrogens with zero attached hydrogens (tertiary/aromatic N) is 2. The van der Waals surface area contributed by atoms with Crippen molar-refractivity contribution in [3.8, 4) is 0 Å². The minimum atomic E-state index is -0.448. The summed E-state index contributed by atoms with van der Waals surface area (Å²) in [5.41, 5.74) is 7.44. The molecule has 1 aromatic heterocycles. The zero-order chi connectivity index (χ0) is 14.9. The van der Waals surface area contributed by atoms with Gasteiger partial charge in [-0.2, -0.15) is 5.10 Å². The summed E-state index contributed by atoms with van der Waals surface area (Å²) in [7, 11) is 0. The minimum absolute atomic E-state index is 0.285. The Bertz CT molecular complexity index is 669. The van der Waals surface area contributed by atoms with E-state index < -0.39 is 11.7 Å². The molecule has 0 bridgehead atoms.